The molecule has 0 aliphatic heterocycles. The Morgan fingerprint density at radius 2 is 1.44 bits per heavy atom. The molecule has 11 heteroatoms. The fraction of sp³-hybridized carbons (Fsp3) is 0.0476. The van der Waals surface area contributed by atoms with Gasteiger partial charge in [-0.2, -0.15) is 13.2 Å². The van der Waals surface area contributed by atoms with Gasteiger partial charge in [0.2, 0.25) is 0 Å². The van der Waals surface area contributed by atoms with Crippen LogP contribution in [0.1, 0.15) is 15.9 Å². The van der Waals surface area contributed by atoms with Gasteiger partial charge in [0.15, 0.2) is 0 Å². The SMILES string of the molecule is FC(F)(F)c1cccc(Cl)c1.NC(=O)N(C(=O)c1c(F)cccc1F)c1ccc(S)cc1. The zero-order valence-corrected chi connectivity index (χ0v) is 17.6. The van der Waals surface area contributed by atoms with Crippen LogP contribution < -0.4 is 10.6 Å². The molecule has 2 N–H and O–H groups in total. The number of rotatable bonds is 2. The van der Waals surface area contributed by atoms with Crippen molar-refractivity contribution in [2.75, 3.05) is 4.90 Å². The van der Waals surface area contributed by atoms with Gasteiger partial charge in [-0.3, -0.25) is 4.79 Å². The Labute approximate surface area is 189 Å². The third kappa shape index (κ3) is 6.44. The Kier molecular flexibility index (Phi) is 8.23. The lowest BCUT2D eigenvalue weighted by Gasteiger charge is -2.19. The molecule has 0 saturated heterocycles. The van der Waals surface area contributed by atoms with Gasteiger partial charge in [-0.1, -0.05) is 23.7 Å². The first-order valence-corrected chi connectivity index (χ1v) is 9.44. The maximum Gasteiger partial charge on any atom is 0.416 e. The highest BCUT2D eigenvalue weighted by Crippen LogP contribution is 2.30. The molecule has 4 nitrogen and oxygen atoms in total. The summed E-state index contributed by atoms with van der Waals surface area (Å²) in [5.41, 5.74) is 3.68. The number of alkyl halides is 3. The summed E-state index contributed by atoms with van der Waals surface area (Å²) in [7, 11) is 0. The van der Waals surface area contributed by atoms with E-state index in [2.05, 4.69) is 12.6 Å². The van der Waals surface area contributed by atoms with Crippen molar-refractivity contribution in [1.29, 1.82) is 0 Å². The fourth-order valence-corrected chi connectivity index (χ4v) is 2.76. The second kappa shape index (κ2) is 10.5. The molecule has 0 heterocycles. The maximum absolute atomic E-state index is 13.7. The summed E-state index contributed by atoms with van der Waals surface area (Å²) < 4.78 is 63.0. The zero-order chi connectivity index (χ0) is 24.1. The van der Waals surface area contributed by atoms with Crippen LogP contribution in [0.25, 0.3) is 0 Å². The first-order valence-electron chi connectivity index (χ1n) is 8.61. The number of halogens is 6. The number of imide groups is 1. The number of hydrogen-bond donors (Lipinski definition) is 2. The third-order valence-corrected chi connectivity index (χ3v) is 4.39. The fourth-order valence-electron chi connectivity index (χ4n) is 2.43. The number of carbonyl (C=O) groups is 2. The van der Waals surface area contributed by atoms with E-state index in [1.807, 2.05) is 0 Å². The average molecular weight is 489 g/mol. The normalized spacial score (nSPS) is 10.7. The molecule has 32 heavy (non-hydrogen) atoms. The van der Waals surface area contributed by atoms with Gasteiger partial charge in [0.25, 0.3) is 5.91 Å². The largest absolute Gasteiger partial charge is 0.416 e. The lowest BCUT2D eigenvalue weighted by atomic mass is 10.1. The van der Waals surface area contributed by atoms with E-state index in [-0.39, 0.29) is 10.7 Å². The molecule has 0 saturated carbocycles. The van der Waals surface area contributed by atoms with Crippen molar-refractivity contribution in [2.45, 2.75) is 11.1 Å². The lowest BCUT2D eigenvalue weighted by molar-refractivity contribution is -0.137. The highest BCUT2D eigenvalue weighted by molar-refractivity contribution is 7.80. The number of nitrogens with zero attached hydrogens (tertiary/aromatic N) is 1. The number of primary amides is 1. The van der Waals surface area contributed by atoms with Gasteiger partial charge in [0.1, 0.15) is 17.2 Å². The molecule has 0 aliphatic rings. The minimum atomic E-state index is -4.30. The number of amides is 3. The van der Waals surface area contributed by atoms with Crippen LogP contribution >= 0.6 is 24.2 Å². The highest BCUT2D eigenvalue weighted by Gasteiger charge is 2.30. The highest BCUT2D eigenvalue weighted by atomic mass is 35.5. The zero-order valence-electron chi connectivity index (χ0n) is 15.9. The van der Waals surface area contributed by atoms with Crippen molar-refractivity contribution >= 4 is 41.9 Å². The second-order valence-electron chi connectivity index (χ2n) is 6.10. The number of urea groups is 1. The summed E-state index contributed by atoms with van der Waals surface area (Å²) in [5.74, 6) is -3.32. The summed E-state index contributed by atoms with van der Waals surface area (Å²) in [6, 6.07) is 12.2. The molecule has 3 rings (SSSR count). The van der Waals surface area contributed by atoms with Gasteiger partial charge in [0, 0.05) is 9.92 Å². The van der Waals surface area contributed by atoms with Crippen molar-refractivity contribution in [3.8, 4) is 0 Å². The molecule has 0 radical (unpaired) electrons. The second-order valence-corrected chi connectivity index (χ2v) is 7.05. The molecule has 0 fully saturated rings. The van der Waals surface area contributed by atoms with Crippen molar-refractivity contribution in [2.24, 2.45) is 5.73 Å². The predicted molar refractivity (Wildman–Crippen MR) is 113 cm³/mol. The summed E-state index contributed by atoms with van der Waals surface area (Å²) in [6.45, 7) is 0. The first kappa shape index (κ1) is 25.2. The molecule has 0 bridgehead atoms. The topological polar surface area (TPSA) is 63.4 Å². The summed E-state index contributed by atoms with van der Waals surface area (Å²) in [4.78, 5) is 24.8. The van der Waals surface area contributed by atoms with Crippen molar-refractivity contribution in [3.05, 3.63) is 94.5 Å². The Morgan fingerprint density at radius 3 is 1.88 bits per heavy atom. The summed E-state index contributed by atoms with van der Waals surface area (Å²) >= 11 is 9.42. The Bertz CT molecular complexity index is 1100. The average Bonchev–Trinajstić information content (AvgIpc) is 2.69. The van der Waals surface area contributed by atoms with Crippen LogP contribution in [0.15, 0.2) is 71.6 Å². The van der Waals surface area contributed by atoms with Gasteiger partial charge in [-0.05, 0) is 54.6 Å². The van der Waals surface area contributed by atoms with Crippen LogP contribution in [0.2, 0.25) is 5.02 Å². The number of benzene rings is 3. The van der Waals surface area contributed by atoms with Gasteiger partial charge in [0.05, 0.1) is 11.3 Å². The van der Waals surface area contributed by atoms with Crippen molar-refractivity contribution in [3.63, 3.8) is 0 Å². The number of anilines is 1. The minimum absolute atomic E-state index is 0.0907. The van der Waals surface area contributed by atoms with Gasteiger partial charge >= 0.3 is 12.2 Å². The van der Waals surface area contributed by atoms with E-state index >= 15 is 0 Å². The van der Waals surface area contributed by atoms with Gasteiger partial charge in [-0.15, -0.1) is 12.6 Å². The molecule has 0 aliphatic carbocycles. The molecule has 0 atom stereocenters. The molecule has 0 spiro atoms. The van der Waals surface area contributed by atoms with Crippen LogP contribution in [0.4, 0.5) is 32.4 Å². The molecule has 3 amide bonds. The van der Waals surface area contributed by atoms with Crippen LogP contribution in [0.3, 0.4) is 0 Å². The first-order chi connectivity index (χ1) is 14.9. The molecule has 3 aromatic rings. The summed E-state index contributed by atoms with van der Waals surface area (Å²) in [5, 5.41) is 0.0971. The Hall–Kier alpha value is -3.11. The van der Waals surface area contributed by atoms with Crippen LogP contribution in [0, 0.1) is 11.6 Å². The molecule has 168 valence electrons. The quantitative estimate of drug-likeness (QED) is 0.327. The predicted octanol–water partition coefficient (Wildman–Crippen LogP) is 6.34. The standard InChI is InChI=1S/C14H10F2N2O2S.C7H4ClF3/c15-10-2-1-3-11(16)12(10)13(19)18(14(17)20)8-4-6-9(21)7-5-8;8-6-3-1-2-5(4-6)7(9,10)11/h1-7,21H,(H2,17,20);1-4H. The molecule has 0 aromatic heterocycles. The van der Waals surface area contributed by atoms with E-state index in [4.69, 9.17) is 17.3 Å². The van der Waals surface area contributed by atoms with E-state index < -0.39 is 40.9 Å². The Balaban J connectivity index is 0.000000278. The van der Waals surface area contributed by atoms with Crippen LogP contribution in [-0.2, 0) is 6.18 Å². The van der Waals surface area contributed by atoms with Crippen molar-refractivity contribution < 1.29 is 31.5 Å². The lowest BCUT2D eigenvalue weighted by Crippen LogP contribution is -2.41. The van der Waals surface area contributed by atoms with E-state index in [0.29, 0.717) is 9.80 Å². The third-order valence-electron chi connectivity index (χ3n) is 3.86. The van der Waals surface area contributed by atoms with Crippen LogP contribution in [0.5, 0.6) is 0 Å². The molecule has 3 aromatic carbocycles. The monoisotopic (exact) mass is 488 g/mol. The van der Waals surface area contributed by atoms with E-state index in [9.17, 15) is 31.5 Å². The number of thiol groups is 1. The minimum Gasteiger partial charge on any atom is -0.351 e. The Morgan fingerprint density at radius 1 is 0.906 bits per heavy atom. The number of hydrogen-bond acceptors (Lipinski definition) is 3. The molecular weight excluding hydrogens is 475 g/mol. The van der Waals surface area contributed by atoms with Gasteiger partial charge in [-0.25, -0.2) is 18.5 Å². The smallest absolute Gasteiger partial charge is 0.351 e. The van der Waals surface area contributed by atoms with Crippen molar-refractivity contribution in [1.82, 2.24) is 0 Å². The molecular formula is C21H14ClF5N2O2S. The van der Waals surface area contributed by atoms with E-state index in [1.54, 1.807) is 0 Å². The van der Waals surface area contributed by atoms with E-state index in [0.717, 1.165) is 30.3 Å². The summed E-state index contributed by atoms with van der Waals surface area (Å²) in [6.07, 6.45) is -4.30. The number of nitrogens with two attached hydrogens (primary N) is 1. The molecule has 0 unspecified atom stereocenters. The van der Waals surface area contributed by atoms with E-state index in [1.165, 1.54) is 36.4 Å². The van der Waals surface area contributed by atoms with Gasteiger partial charge < -0.3 is 5.73 Å². The van der Waals surface area contributed by atoms with Crippen LogP contribution in [-0.4, -0.2) is 11.9 Å². The number of carbonyl (C=O) groups excluding carboxylic acids is 2. The maximum atomic E-state index is 13.7.